The number of rotatable bonds is 4. The molecule has 0 aromatic carbocycles. The molecule has 1 atom stereocenters. The summed E-state index contributed by atoms with van der Waals surface area (Å²) >= 11 is 0. The fourth-order valence-corrected chi connectivity index (χ4v) is 1.04. The fourth-order valence-electron chi connectivity index (χ4n) is 1.04. The van der Waals surface area contributed by atoms with Crippen molar-refractivity contribution in [1.82, 2.24) is 20.3 Å². The van der Waals surface area contributed by atoms with Crippen LogP contribution in [-0.4, -0.2) is 53.0 Å². The van der Waals surface area contributed by atoms with Crippen molar-refractivity contribution >= 4 is 5.91 Å². The highest BCUT2D eigenvalue weighted by atomic mass is 16.5. The van der Waals surface area contributed by atoms with E-state index in [1.807, 2.05) is 6.92 Å². The molecule has 0 saturated heterocycles. The number of methoxy groups -OCH3 is 1. The van der Waals surface area contributed by atoms with E-state index in [-0.39, 0.29) is 11.9 Å². The number of nitrogens with one attached hydrogen (secondary N) is 1. The molecule has 6 heteroatoms. The Labute approximate surface area is 82.2 Å². The van der Waals surface area contributed by atoms with E-state index in [1.165, 1.54) is 6.20 Å². The lowest BCUT2D eigenvalue weighted by molar-refractivity contribution is 0.0628. The van der Waals surface area contributed by atoms with E-state index in [0.717, 1.165) is 0 Å². The molecule has 1 rings (SSSR count). The zero-order valence-corrected chi connectivity index (χ0v) is 8.52. The van der Waals surface area contributed by atoms with Gasteiger partial charge in [0.05, 0.1) is 18.8 Å². The Kier molecular flexibility index (Phi) is 3.58. The van der Waals surface area contributed by atoms with E-state index in [9.17, 15) is 4.79 Å². The van der Waals surface area contributed by atoms with Crippen LogP contribution in [0.4, 0.5) is 0 Å². The number of hydrogen-bond donors (Lipinski definition) is 1. The van der Waals surface area contributed by atoms with Gasteiger partial charge in [-0.15, -0.1) is 0 Å². The Hall–Kier alpha value is -1.43. The number of carbonyl (C=O) groups excluding carboxylic acids is 1. The van der Waals surface area contributed by atoms with Gasteiger partial charge in [-0.2, -0.15) is 15.4 Å². The minimum atomic E-state index is -0.164. The van der Waals surface area contributed by atoms with E-state index in [4.69, 9.17) is 4.74 Å². The smallest absolute Gasteiger partial charge is 0.276 e. The van der Waals surface area contributed by atoms with Gasteiger partial charge in [0.1, 0.15) is 0 Å². The molecule has 6 nitrogen and oxygen atoms in total. The van der Waals surface area contributed by atoms with Crippen molar-refractivity contribution in [3.8, 4) is 0 Å². The summed E-state index contributed by atoms with van der Waals surface area (Å²) < 4.78 is 4.95. The summed E-state index contributed by atoms with van der Waals surface area (Å²) in [5.41, 5.74) is 0.315. The SMILES string of the molecule is COCC(C)N(C)C(=O)c1cn[nH]n1. The van der Waals surface area contributed by atoms with Crippen LogP contribution in [0.15, 0.2) is 6.20 Å². The monoisotopic (exact) mass is 198 g/mol. The topological polar surface area (TPSA) is 71.1 Å². The average Bonchev–Trinajstić information content (AvgIpc) is 2.68. The Morgan fingerprint density at radius 2 is 2.50 bits per heavy atom. The fraction of sp³-hybridized carbons (Fsp3) is 0.625. The first-order chi connectivity index (χ1) is 6.66. The molecular formula is C8H14N4O2. The molecule has 14 heavy (non-hydrogen) atoms. The first-order valence-corrected chi connectivity index (χ1v) is 4.28. The molecule has 78 valence electrons. The third-order valence-electron chi connectivity index (χ3n) is 2.02. The minimum absolute atomic E-state index is 0.0178. The third kappa shape index (κ3) is 2.29. The van der Waals surface area contributed by atoms with Crippen LogP contribution < -0.4 is 0 Å². The number of H-pyrrole nitrogens is 1. The van der Waals surface area contributed by atoms with Crippen LogP contribution in [0.3, 0.4) is 0 Å². The zero-order chi connectivity index (χ0) is 10.6. The van der Waals surface area contributed by atoms with Gasteiger partial charge in [-0.25, -0.2) is 0 Å². The number of ether oxygens (including phenoxy) is 1. The molecule has 0 saturated carbocycles. The quantitative estimate of drug-likeness (QED) is 0.734. The van der Waals surface area contributed by atoms with Gasteiger partial charge in [-0.05, 0) is 6.92 Å². The molecule has 1 unspecified atom stereocenters. The second-order valence-corrected chi connectivity index (χ2v) is 3.08. The van der Waals surface area contributed by atoms with Crippen LogP contribution in [0, 0.1) is 0 Å². The molecule has 0 spiro atoms. The molecule has 0 aliphatic heterocycles. The largest absolute Gasteiger partial charge is 0.383 e. The molecule has 0 bridgehead atoms. The summed E-state index contributed by atoms with van der Waals surface area (Å²) in [5.74, 6) is -0.164. The van der Waals surface area contributed by atoms with Crippen LogP contribution in [0.2, 0.25) is 0 Å². The van der Waals surface area contributed by atoms with Crippen molar-refractivity contribution in [3.05, 3.63) is 11.9 Å². The van der Waals surface area contributed by atoms with Crippen molar-refractivity contribution in [3.63, 3.8) is 0 Å². The Morgan fingerprint density at radius 3 is 3.00 bits per heavy atom. The lowest BCUT2D eigenvalue weighted by Gasteiger charge is -2.22. The second-order valence-electron chi connectivity index (χ2n) is 3.08. The number of carbonyl (C=O) groups is 1. The number of aromatic nitrogens is 3. The molecule has 0 aliphatic rings. The average molecular weight is 198 g/mol. The maximum atomic E-state index is 11.7. The van der Waals surface area contributed by atoms with Crippen molar-refractivity contribution in [2.24, 2.45) is 0 Å². The van der Waals surface area contributed by atoms with Crippen molar-refractivity contribution in [2.75, 3.05) is 20.8 Å². The van der Waals surface area contributed by atoms with Gasteiger partial charge >= 0.3 is 0 Å². The lowest BCUT2D eigenvalue weighted by Crippen LogP contribution is -2.38. The van der Waals surface area contributed by atoms with Crippen LogP contribution in [-0.2, 0) is 4.74 Å². The van der Waals surface area contributed by atoms with Gasteiger partial charge in [0.15, 0.2) is 5.69 Å². The van der Waals surface area contributed by atoms with E-state index >= 15 is 0 Å². The molecule has 0 fully saturated rings. The van der Waals surface area contributed by atoms with Crippen LogP contribution >= 0.6 is 0 Å². The Bertz CT molecular complexity index is 286. The minimum Gasteiger partial charge on any atom is -0.383 e. The molecule has 1 heterocycles. The van der Waals surface area contributed by atoms with Crippen molar-refractivity contribution in [2.45, 2.75) is 13.0 Å². The van der Waals surface area contributed by atoms with E-state index in [2.05, 4.69) is 15.4 Å². The van der Waals surface area contributed by atoms with E-state index in [1.54, 1.807) is 19.1 Å². The summed E-state index contributed by atoms with van der Waals surface area (Å²) in [7, 11) is 3.31. The predicted molar refractivity (Wildman–Crippen MR) is 49.8 cm³/mol. The molecular weight excluding hydrogens is 184 g/mol. The van der Waals surface area contributed by atoms with Gasteiger partial charge in [-0.1, -0.05) is 0 Å². The number of nitrogens with zero attached hydrogens (tertiary/aromatic N) is 3. The first-order valence-electron chi connectivity index (χ1n) is 4.28. The Morgan fingerprint density at radius 1 is 1.79 bits per heavy atom. The van der Waals surface area contributed by atoms with Gasteiger partial charge in [-0.3, -0.25) is 4.79 Å². The Balaban J connectivity index is 2.61. The van der Waals surface area contributed by atoms with Gasteiger partial charge in [0.25, 0.3) is 5.91 Å². The van der Waals surface area contributed by atoms with E-state index < -0.39 is 0 Å². The van der Waals surface area contributed by atoms with Crippen LogP contribution in [0.5, 0.6) is 0 Å². The summed E-state index contributed by atoms with van der Waals surface area (Å²) in [6.45, 7) is 2.40. The first kappa shape index (κ1) is 10.6. The van der Waals surface area contributed by atoms with Crippen molar-refractivity contribution in [1.29, 1.82) is 0 Å². The van der Waals surface area contributed by atoms with Crippen molar-refractivity contribution < 1.29 is 9.53 Å². The van der Waals surface area contributed by atoms with Gasteiger partial charge in [0, 0.05) is 14.2 Å². The van der Waals surface area contributed by atoms with Gasteiger partial charge < -0.3 is 9.64 Å². The van der Waals surface area contributed by atoms with Crippen LogP contribution in [0.1, 0.15) is 17.4 Å². The molecule has 1 aromatic heterocycles. The maximum absolute atomic E-state index is 11.7. The molecule has 0 radical (unpaired) electrons. The molecule has 1 aromatic rings. The lowest BCUT2D eigenvalue weighted by atomic mass is 10.3. The molecule has 1 amide bonds. The highest BCUT2D eigenvalue weighted by molar-refractivity contribution is 5.91. The number of hydrogen-bond acceptors (Lipinski definition) is 4. The second kappa shape index (κ2) is 4.71. The van der Waals surface area contributed by atoms with E-state index in [0.29, 0.717) is 12.3 Å². The maximum Gasteiger partial charge on any atom is 0.276 e. The summed E-state index contributed by atoms with van der Waals surface area (Å²) in [5, 5.41) is 9.69. The third-order valence-corrected chi connectivity index (χ3v) is 2.02. The predicted octanol–water partition coefficient (Wildman–Crippen LogP) is -0.0884. The summed E-state index contributed by atoms with van der Waals surface area (Å²) in [4.78, 5) is 13.2. The van der Waals surface area contributed by atoms with Gasteiger partial charge in [0.2, 0.25) is 0 Å². The number of likely N-dealkylation sites (N-methyl/N-ethyl adjacent to an activating group) is 1. The number of aromatic amines is 1. The highest BCUT2D eigenvalue weighted by Gasteiger charge is 2.18. The summed E-state index contributed by atoms with van der Waals surface area (Å²) in [6.07, 6.45) is 1.40. The molecule has 1 N–H and O–H groups in total. The molecule has 0 aliphatic carbocycles. The normalized spacial score (nSPS) is 12.5. The zero-order valence-electron chi connectivity index (χ0n) is 8.52. The summed E-state index contributed by atoms with van der Waals surface area (Å²) in [6, 6.07) is 0.0178. The number of amides is 1. The highest BCUT2D eigenvalue weighted by Crippen LogP contribution is 2.02. The van der Waals surface area contributed by atoms with Crippen LogP contribution in [0.25, 0.3) is 0 Å². The standard InChI is InChI=1S/C8H14N4O2/c1-6(5-14-3)12(2)8(13)7-4-9-11-10-7/h4,6H,5H2,1-3H3,(H,9,10,11).